The third-order valence-corrected chi connectivity index (χ3v) is 3.56. The van der Waals surface area contributed by atoms with Gasteiger partial charge < -0.3 is 10.6 Å². The van der Waals surface area contributed by atoms with Crippen molar-refractivity contribution in [2.45, 2.75) is 0 Å². The zero-order valence-electron chi connectivity index (χ0n) is 13.8. The van der Waals surface area contributed by atoms with E-state index in [4.69, 9.17) is 0 Å². The zero-order valence-corrected chi connectivity index (χ0v) is 13.8. The number of hydrogen-bond acceptors (Lipinski definition) is 7. The fourth-order valence-electron chi connectivity index (χ4n) is 2.30. The number of non-ortho nitro benzene ring substituents is 1. The molecule has 0 bridgehead atoms. The van der Waals surface area contributed by atoms with Crippen molar-refractivity contribution in [3.8, 4) is 11.4 Å². The maximum Gasteiger partial charge on any atom is 0.269 e. The van der Waals surface area contributed by atoms with E-state index in [0.29, 0.717) is 11.5 Å². The second-order valence-corrected chi connectivity index (χ2v) is 5.41. The number of nitrogens with one attached hydrogen (secondary N) is 2. The van der Waals surface area contributed by atoms with E-state index in [1.807, 2.05) is 24.3 Å². The fraction of sp³-hybridized carbons (Fsp3) is 0.125. The van der Waals surface area contributed by atoms with Gasteiger partial charge in [-0.25, -0.2) is 4.68 Å². The summed E-state index contributed by atoms with van der Waals surface area (Å²) in [5, 5.41) is 27.6. The standard InChI is InChI=1S/C16H15N7O3/c1-22-16(19-20-21-22)11-3-2-4-13(9-11)17-10-15(24)18-12-5-7-14(8-6-12)23(25)26/h2-9,17H,10H2,1H3,(H,18,24). The minimum absolute atomic E-state index is 0.0313. The molecular weight excluding hydrogens is 338 g/mol. The monoisotopic (exact) mass is 353 g/mol. The summed E-state index contributed by atoms with van der Waals surface area (Å²) in [5.41, 5.74) is 2.01. The van der Waals surface area contributed by atoms with Gasteiger partial charge in [0.1, 0.15) is 0 Å². The number of carbonyl (C=O) groups excluding carboxylic acids is 1. The number of rotatable bonds is 6. The molecule has 3 aromatic rings. The van der Waals surface area contributed by atoms with Gasteiger partial charge >= 0.3 is 0 Å². The molecule has 10 nitrogen and oxygen atoms in total. The summed E-state index contributed by atoms with van der Waals surface area (Å²) < 4.78 is 1.56. The lowest BCUT2D eigenvalue weighted by Gasteiger charge is -2.09. The Balaban J connectivity index is 1.59. The number of carbonyl (C=O) groups is 1. The fourth-order valence-corrected chi connectivity index (χ4v) is 2.30. The highest BCUT2D eigenvalue weighted by molar-refractivity contribution is 5.93. The SMILES string of the molecule is Cn1nnnc1-c1cccc(NCC(=O)Nc2ccc([N+](=O)[O-])cc2)c1. The first kappa shape index (κ1) is 17.0. The molecule has 0 atom stereocenters. The topological polar surface area (TPSA) is 128 Å². The van der Waals surface area contributed by atoms with E-state index >= 15 is 0 Å². The van der Waals surface area contributed by atoms with E-state index in [2.05, 4.69) is 26.2 Å². The number of anilines is 2. The van der Waals surface area contributed by atoms with E-state index < -0.39 is 4.92 Å². The van der Waals surface area contributed by atoms with E-state index in [1.54, 1.807) is 11.7 Å². The highest BCUT2D eigenvalue weighted by Crippen LogP contribution is 2.19. The van der Waals surface area contributed by atoms with Crippen LogP contribution < -0.4 is 10.6 Å². The Bertz CT molecular complexity index is 937. The van der Waals surface area contributed by atoms with Crippen LogP contribution in [0.15, 0.2) is 48.5 Å². The first-order chi connectivity index (χ1) is 12.5. The van der Waals surface area contributed by atoms with Gasteiger partial charge in [-0.05, 0) is 34.7 Å². The van der Waals surface area contributed by atoms with E-state index in [1.165, 1.54) is 24.3 Å². The molecule has 0 saturated carbocycles. The van der Waals surface area contributed by atoms with Crippen molar-refractivity contribution < 1.29 is 9.72 Å². The number of amides is 1. The van der Waals surface area contributed by atoms with Crippen LogP contribution in [0.5, 0.6) is 0 Å². The lowest BCUT2D eigenvalue weighted by Crippen LogP contribution is -2.21. The van der Waals surface area contributed by atoms with Gasteiger partial charge in [0, 0.05) is 36.1 Å². The van der Waals surface area contributed by atoms with Crippen molar-refractivity contribution in [3.63, 3.8) is 0 Å². The number of nitro benzene ring substituents is 1. The summed E-state index contributed by atoms with van der Waals surface area (Å²) in [6, 6.07) is 13.0. The molecule has 0 fully saturated rings. The van der Waals surface area contributed by atoms with Gasteiger partial charge in [-0.3, -0.25) is 14.9 Å². The van der Waals surface area contributed by atoms with Gasteiger partial charge in [-0.15, -0.1) is 5.10 Å². The molecule has 0 spiro atoms. The van der Waals surface area contributed by atoms with Gasteiger partial charge in [0.25, 0.3) is 5.69 Å². The number of benzene rings is 2. The summed E-state index contributed by atoms with van der Waals surface area (Å²) in [6.07, 6.45) is 0. The molecule has 2 N–H and O–H groups in total. The second-order valence-electron chi connectivity index (χ2n) is 5.41. The van der Waals surface area contributed by atoms with Gasteiger partial charge in [-0.2, -0.15) is 0 Å². The van der Waals surface area contributed by atoms with Crippen LogP contribution in [0, 0.1) is 10.1 Å². The normalized spacial score (nSPS) is 10.3. The zero-order chi connectivity index (χ0) is 18.5. The number of tetrazole rings is 1. The van der Waals surface area contributed by atoms with Crippen molar-refractivity contribution in [2.24, 2.45) is 7.05 Å². The molecule has 3 rings (SSSR count). The quantitative estimate of drug-likeness (QED) is 0.511. The van der Waals surface area contributed by atoms with Crippen LogP contribution in [0.1, 0.15) is 0 Å². The Hall–Kier alpha value is -3.82. The molecule has 0 aliphatic heterocycles. The van der Waals surface area contributed by atoms with Crippen LogP contribution in [0.4, 0.5) is 17.1 Å². The molecule has 26 heavy (non-hydrogen) atoms. The van der Waals surface area contributed by atoms with E-state index in [9.17, 15) is 14.9 Å². The summed E-state index contributed by atoms with van der Waals surface area (Å²) in [7, 11) is 1.74. The molecule has 10 heteroatoms. The Morgan fingerprint density at radius 2 is 1.96 bits per heavy atom. The van der Waals surface area contributed by atoms with Crippen LogP contribution >= 0.6 is 0 Å². The summed E-state index contributed by atoms with van der Waals surface area (Å²) in [4.78, 5) is 22.2. The molecule has 0 unspecified atom stereocenters. The van der Waals surface area contributed by atoms with Crippen molar-refractivity contribution in [2.75, 3.05) is 17.2 Å². The van der Waals surface area contributed by atoms with Crippen LogP contribution in [0.3, 0.4) is 0 Å². The average molecular weight is 353 g/mol. The molecule has 1 amide bonds. The average Bonchev–Trinajstić information content (AvgIpc) is 3.07. The van der Waals surface area contributed by atoms with Crippen LogP contribution in [0.2, 0.25) is 0 Å². The molecule has 2 aromatic carbocycles. The van der Waals surface area contributed by atoms with Crippen molar-refractivity contribution in [1.82, 2.24) is 20.2 Å². The number of nitro groups is 1. The maximum atomic E-state index is 12.0. The first-order valence-electron chi connectivity index (χ1n) is 7.64. The Morgan fingerprint density at radius 1 is 1.19 bits per heavy atom. The van der Waals surface area contributed by atoms with Gasteiger partial charge in [0.2, 0.25) is 5.91 Å². The largest absolute Gasteiger partial charge is 0.376 e. The first-order valence-corrected chi connectivity index (χ1v) is 7.64. The lowest BCUT2D eigenvalue weighted by atomic mass is 10.2. The summed E-state index contributed by atoms with van der Waals surface area (Å²) in [5.74, 6) is 0.341. The minimum Gasteiger partial charge on any atom is -0.376 e. The second kappa shape index (κ2) is 7.38. The highest BCUT2D eigenvalue weighted by Gasteiger charge is 2.08. The third kappa shape index (κ3) is 3.98. The van der Waals surface area contributed by atoms with Gasteiger partial charge in [-0.1, -0.05) is 12.1 Å². The Labute approximate surface area is 148 Å². The maximum absolute atomic E-state index is 12.0. The van der Waals surface area contributed by atoms with E-state index in [0.717, 1.165) is 11.3 Å². The molecule has 1 aromatic heterocycles. The molecule has 0 aliphatic carbocycles. The predicted octanol–water partition coefficient (Wildman–Crippen LogP) is 1.84. The Kier molecular flexibility index (Phi) is 4.83. The highest BCUT2D eigenvalue weighted by atomic mass is 16.6. The van der Waals surface area contributed by atoms with Crippen LogP contribution in [-0.4, -0.2) is 37.6 Å². The summed E-state index contributed by atoms with van der Waals surface area (Å²) in [6.45, 7) is 0.0392. The van der Waals surface area contributed by atoms with Crippen molar-refractivity contribution in [1.29, 1.82) is 0 Å². The number of aromatic nitrogens is 4. The van der Waals surface area contributed by atoms with E-state index in [-0.39, 0.29) is 18.1 Å². The van der Waals surface area contributed by atoms with Crippen LogP contribution in [0.25, 0.3) is 11.4 Å². The molecule has 0 aliphatic rings. The predicted molar refractivity (Wildman–Crippen MR) is 94.4 cm³/mol. The molecule has 132 valence electrons. The number of aryl methyl sites for hydroxylation is 1. The third-order valence-electron chi connectivity index (χ3n) is 3.56. The summed E-state index contributed by atoms with van der Waals surface area (Å²) >= 11 is 0. The van der Waals surface area contributed by atoms with Crippen molar-refractivity contribution >= 4 is 23.0 Å². The Morgan fingerprint density at radius 3 is 2.62 bits per heavy atom. The molecule has 1 heterocycles. The van der Waals surface area contributed by atoms with Crippen molar-refractivity contribution in [3.05, 3.63) is 58.6 Å². The molecule has 0 radical (unpaired) electrons. The van der Waals surface area contributed by atoms with Gasteiger partial charge in [0.15, 0.2) is 5.82 Å². The number of nitrogens with zero attached hydrogens (tertiary/aromatic N) is 5. The lowest BCUT2D eigenvalue weighted by molar-refractivity contribution is -0.384. The molecular formula is C16H15N7O3. The van der Waals surface area contributed by atoms with Crippen LogP contribution in [-0.2, 0) is 11.8 Å². The van der Waals surface area contributed by atoms with Gasteiger partial charge in [0.05, 0.1) is 11.5 Å². The number of hydrogen-bond donors (Lipinski definition) is 2. The minimum atomic E-state index is -0.493. The molecule has 0 saturated heterocycles. The smallest absolute Gasteiger partial charge is 0.269 e.